The van der Waals surface area contributed by atoms with Crippen LogP contribution in [0.1, 0.15) is 27.7 Å². The molecule has 1 heterocycles. The van der Waals surface area contributed by atoms with Crippen LogP contribution >= 0.6 is 0 Å². The van der Waals surface area contributed by atoms with E-state index in [-0.39, 0.29) is 23.6 Å². The maximum atomic E-state index is 12.2. The molecule has 1 fully saturated rings. The van der Waals surface area contributed by atoms with Crippen LogP contribution in [0.5, 0.6) is 5.75 Å². The Balaban J connectivity index is 2.11. The minimum Gasteiger partial charge on any atom is -0.490 e. The molecule has 0 N–H and O–H groups in total. The van der Waals surface area contributed by atoms with Gasteiger partial charge in [-0.25, -0.2) is 4.79 Å². The highest BCUT2D eigenvalue weighted by molar-refractivity contribution is 5.69. The Morgan fingerprint density at radius 2 is 2.00 bits per heavy atom. The standard InChI is InChI=1S/C17H25N3O5/c1-12-11-18(16(21)25-17(2,3)4)8-9-19(12)13-6-7-14(20(22)23)15(10-13)24-5/h6-7,10,12H,8-9,11H2,1-5H3/t12-/m1/s1. The summed E-state index contributed by atoms with van der Waals surface area (Å²) in [6.45, 7) is 9.19. The van der Waals surface area contributed by atoms with Gasteiger partial charge in [0.1, 0.15) is 5.60 Å². The van der Waals surface area contributed by atoms with Gasteiger partial charge in [-0.3, -0.25) is 10.1 Å². The molecule has 0 unspecified atom stereocenters. The summed E-state index contributed by atoms with van der Waals surface area (Å²) in [7, 11) is 1.41. The highest BCUT2D eigenvalue weighted by atomic mass is 16.6. The van der Waals surface area contributed by atoms with Crippen LogP contribution in [0.4, 0.5) is 16.2 Å². The number of methoxy groups -OCH3 is 1. The van der Waals surface area contributed by atoms with Gasteiger partial charge in [0, 0.05) is 43.5 Å². The molecule has 0 radical (unpaired) electrons. The Morgan fingerprint density at radius 1 is 1.32 bits per heavy atom. The van der Waals surface area contributed by atoms with Gasteiger partial charge in [0.05, 0.1) is 12.0 Å². The molecule has 8 heteroatoms. The van der Waals surface area contributed by atoms with Crippen molar-refractivity contribution in [1.82, 2.24) is 4.90 Å². The van der Waals surface area contributed by atoms with Crippen molar-refractivity contribution >= 4 is 17.5 Å². The topological polar surface area (TPSA) is 85.2 Å². The third kappa shape index (κ3) is 4.52. The van der Waals surface area contributed by atoms with E-state index in [4.69, 9.17) is 9.47 Å². The second-order valence-electron chi connectivity index (χ2n) is 7.08. The molecule has 0 bridgehead atoms. The van der Waals surface area contributed by atoms with Crippen molar-refractivity contribution in [1.29, 1.82) is 0 Å². The Kier molecular flexibility index (Phi) is 5.39. The number of amides is 1. The average molecular weight is 351 g/mol. The largest absolute Gasteiger partial charge is 0.490 e. The summed E-state index contributed by atoms with van der Waals surface area (Å²) < 4.78 is 10.6. The fourth-order valence-corrected chi connectivity index (χ4v) is 2.83. The van der Waals surface area contributed by atoms with Gasteiger partial charge in [-0.15, -0.1) is 0 Å². The lowest BCUT2D eigenvalue weighted by Gasteiger charge is -2.41. The Hall–Kier alpha value is -2.51. The lowest BCUT2D eigenvalue weighted by atomic mass is 10.1. The van der Waals surface area contributed by atoms with Crippen molar-refractivity contribution in [2.75, 3.05) is 31.6 Å². The zero-order chi connectivity index (χ0) is 18.8. The zero-order valence-corrected chi connectivity index (χ0v) is 15.3. The second-order valence-corrected chi connectivity index (χ2v) is 7.08. The van der Waals surface area contributed by atoms with Gasteiger partial charge in [-0.05, 0) is 33.8 Å². The van der Waals surface area contributed by atoms with E-state index in [2.05, 4.69) is 4.90 Å². The predicted octanol–water partition coefficient (Wildman–Crippen LogP) is 3.05. The minimum atomic E-state index is -0.525. The highest BCUT2D eigenvalue weighted by Crippen LogP contribution is 2.32. The van der Waals surface area contributed by atoms with E-state index in [0.29, 0.717) is 19.6 Å². The van der Waals surface area contributed by atoms with Gasteiger partial charge in [-0.2, -0.15) is 0 Å². The van der Waals surface area contributed by atoms with Crippen molar-refractivity contribution in [2.24, 2.45) is 0 Å². The Morgan fingerprint density at radius 3 is 2.52 bits per heavy atom. The lowest BCUT2D eigenvalue weighted by Crippen LogP contribution is -2.54. The molecule has 1 aromatic carbocycles. The predicted molar refractivity (Wildman–Crippen MR) is 94.3 cm³/mol. The first-order valence-electron chi connectivity index (χ1n) is 8.19. The molecule has 0 saturated carbocycles. The normalized spacial score (nSPS) is 18.0. The molecule has 1 atom stereocenters. The average Bonchev–Trinajstić information content (AvgIpc) is 2.52. The number of benzene rings is 1. The van der Waals surface area contributed by atoms with Gasteiger partial charge < -0.3 is 19.3 Å². The summed E-state index contributed by atoms with van der Waals surface area (Å²) in [6.07, 6.45) is -0.319. The maximum absolute atomic E-state index is 12.2. The first kappa shape index (κ1) is 18.8. The number of ether oxygens (including phenoxy) is 2. The first-order chi connectivity index (χ1) is 11.6. The molecule has 138 valence electrons. The molecule has 1 saturated heterocycles. The number of anilines is 1. The van der Waals surface area contributed by atoms with Crippen LogP contribution in [0.15, 0.2) is 18.2 Å². The number of carbonyl (C=O) groups is 1. The quantitative estimate of drug-likeness (QED) is 0.615. The Labute approximate surface area is 147 Å². The molecule has 1 aliphatic heterocycles. The van der Waals surface area contributed by atoms with E-state index in [1.165, 1.54) is 13.2 Å². The summed E-state index contributed by atoms with van der Waals surface area (Å²) in [4.78, 5) is 26.6. The molecule has 1 aromatic rings. The van der Waals surface area contributed by atoms with E-state index in [9.17, 15) is 14.9 Å². The van der Waals surface area contributed by atoms with E-state index in [0.717, 1.165) is 5.69 Å². The van der Waals surface area contributed by atoms with E-state index < -0.39 is 10.5 Å². The summed E-state index contributed by atoms with van der Waals surface area (Å²) in [6, 6.07) is 4.87. The number of nitrogens with zero attached hydrogens (tertiary/aromatic N) is 3. The monoisotopic (exact) mass is 351 g/mol. The molecular weight excluding hydrogens is 326 g/mol. The first-order valence-corrected chi connectivity index (χ1v) is 8.19. The molecule has 25 heavy (non-hydrogen) atoms. The van der Waals surface area contributed by atoms with E-state index in [1.807, 2.05) is 27.7 Å². The fourth-order valence-electron chi connectivity index (χ4n) is 2.83. The van der Waals surface area contributed by atoms with Crippen molar-refractivity contribution < 1.29 is 19.2 Å². The number of carbonyl (C=O) groups excluding carboxylic acids is 1. The number of hydrogen-bond acceptors (Lipinski definition) is 6. The number of nitro benzene ring substituents is 1. The van der Waals surface area contributed by atoms with Crippen molar-refractivity contribution in [3.05, 3.63) is 28.3 Å². The van der Waals surface area contributed by atoms with Crippen LogP contribution in [0, 0.1) is 10.1 Å². The third-order valence-electron chi connectivity index (χ3n) is 3.97. The van der Waals surface area contributed by atoms with Crippen LogP contribution < -0.4 is 9.64 Å². The lowest BCUT2D eigenvalue weighted by molar-refractivity contribution is -0.385. The van der Waals surface area contributed by atoms with Crippen LogP contribution in [0.25, 0.3) is 0 Å². The van der Waals surface area contributed by atoms with Gasteiger partial charge in [0.15, 0.2) is 5.75 Å². The van der Waals surface area contributed by atoms with Gasteiger partial charge in [-0.1, -0.05) is 0 Å². The summed E-state index contributed by atoms with van der Waals surface area (Å²) in [5, 5.41) is 11.0. The molecule has 1 aliphatic rings. The van der Waals surface area contributed by atoms with Crippen LogP contribution in [0.3, 0.4) is 0 Å². The molecular formula is C17H25N3O5. The minimum absolute atomic E-state index is 0.0485. The molecule has 0 spiro atoms. The number of rotatable bonds is 3. The van der Waals surface area contributed by atoms with Gasteiger partial charge in [0.25, 0.3) is 0 Å². The summed E-state index contributed by atoms with van der Waals surface area (Å²) in [5.74, 6) is 0.226. The highest BCUT2D eigenvalue weighted by Gasteiger charge is 2.30. The summed E-state index contributed by atoms with van der Waals surface area (Å²) in [5.41, 5.74) is 0.244. The van der Waals surface area contributed by atoms with Gasteiger partial charge in [0.2, 0.25) is 0 Å². The molecule has 1 amide bonds. The summed E-state index contributed by atoms with van der Waals surface area (Å²) >= 11 is 0. The zero-order valence-electron chi connectivity index (χ0n) is 15.3. The van der Waals surface area contributed by atoms with Crippen molar-refractivity contribution in [2.45, 2.75) is 39.3 Å². The number of nitro groups is 1. The number of hydrogen-bond donors (Lipinski definition) is 0. The van der Waals surface area contributed by atoms with Crippen LogP contribution in [0.2, 0.25) is 0 Å². The van der Waals surface area contributed by atoms with Crippen LogP contribution in [-0.4, -0.2) is 54.3 Å². The van der Waals surface area contributed by atoms with Gasteiger partial charge >= 0.3 is 11.8 Å². The molecule has 0 aromatic heterocycles. The fraction of sp³-hybridized carbons (Fsp3) is 0.588. The van der Waals surface area contributed by atoms with Crippen LogP contribution in [-0.2, 0) is 4.74 Å². The molecule has 8 nitrogen and oxygen atoms in total. The maximum Gasteiger partial charge on any atom is 0.410 e. The van der Waals surface area contributed by atoms with Crippen molar-refractivity contribution in [3.63, 3.8) is 0 Å². The van der Waals surface area contributed by atoms with E-state index in [1.54, 1.807) is 17.0 Å². The second kappa shape index (κ2) is 7.16. The smallest absolute Gasteiger partial charge is 0.410 e. The van der Waals surface area contributed by atoms with E-state index >= 15 is 0 Å². The number of piperazine rings is 1. The van der Waals surface area contributed by atoms with Crippen molar-refractivity contribution in [3.8, 4) is 5.75 Å². The molecule has 0 aliphatic carbocycles. The molecule has 2 rings (SSSR count). The Bertz CT molecular complexity index is 656. The third-order valence-corrected chi connectivity index (χ3v) is 3.97. The SMILES string of the molecule is COc1cc(N2CCN(C(=O)OC(C)(C)C)C[C@H]2C)ccc1[N+](=O)[O-].